The van der Waals surface area contributed by atoms with E-state index in [0.29, 0.717) is 26.3 Å². The molecule has 1 aliphatic rings. The fraction of sp³-hybridized carbons (Fsp3) is 0.111. The molecule has 0 saturated carbocycles. The Morgan fingerprint density at radius 3 is 2.76 bits per heavy atom. The van der Waals surface area contributed by atoms with E-state index in [0.717, 1.165) is 10.0 Å². The van der Waals surface area contributed by atoms with Crippen LogP contribution < -0.4 is 9.75 Å². The number of hydrogen-bond acceptors (Lipinski definition) is 4. The zero-order chi connectivity index (χ0) is 18.1. The molecule has 0 fully saturated rings. The Kier molecular flexibility index (Phi) is 5.14. The van der Waals surface area contributed by atoms with Crippen molar-refractivity contribution in [2.24, 2.45) is 5.10 Å². The molecule has 5 nitrogen and oxygen atoms in total. The van der Waals surface area contributed by atoms with Gasteiger partial charge in [-0.05, 0) is 71.5 Å². The molecule has 0 radical (unpaired) electrons. The predicted octanol–water partition coefficient (Wildman–Crippen LogP) is 4.57. The van der Waals surface area contributed by atoms with Crippen LogP contribution in [0.3, 0.4) is 0 Å². The third-order valence-corrected chi connectivity index (χ3v) is 5.01. The molecule has 0 atom stereocenters. The molecule has 0 bridgehead atoms. The molecule has 7 heteroatoms. The second kappa shape index (κ2) is 7.17. The van der Waals surface area contributed by atoms with Gasteiger partial charge in [0.2, 0.25) is 0 Å². The van der Waals surface area contributed by atoms with Crippen molar-refractivity contribution >= 4 is 61.9 Å². The molecule has 0 unspecified atom stereocenters. The topological polar surface area (TPSA) is 62.1 Å². The number of carbonyl (C=O) groups excluding carboxylic acids is 1. The zero-order valence-electron chi connectivity index (χ0n) is 13.5. The van der Waals surface area contributed by atoms with Crippen LogP contribution in [0.15, 0.2) is 51.5 Å². The number of benzene rings is 2. The van der Waals surface area contributed by atoms with Crippen molar-refractivity contribution in [3.8, 4) is 11.5 Å². The number of phenols is 1. The first kappa shape index (κ1) is 17.9. The van der Waals surface area contributed by atoms with Crippen LogP contribution in [0.2, 0.25) is 0 Å². The number of hydrazone groups is 1. The summed E-state index contributed by atoms with van der Waals surface area (Å²) >= 11 is 5.43. The molecule has 128 valence electrons. The van der Waals surface area contributed by atoms with E-state index in [-0.39, 0.29) is 11.7 Å². The number of nitrogens with zero attached hydrogens (tertiary/aromatic N) is 2. The number of aromatic hydroxyl groups is 1. The average Bonchev–Trinajstić information content (AvgIpc) is 2.86. The molecule has 1 amide bonds. The standard InChI is InChI=1S/C18H14BrIN2O3/c1-10-14(6-11-7-15(20)17(23)16(8-11)25-2)18(24)22(21-10)13-5-3-4-12(19)9-13/h3-9,23H,1-2H3. The van der Waals surface area contributed by atoms with E-state index in [1.165, 1.54) is 12.1 Å². The van der Waals surface area contributed by atoms with Gasteiger partial charge in [0.25, 0.3) is 5.91 Å². The molecule has 2 aromatic rings. The van der Waals surface area contributed by atoms with E-state index in [4.69, 9.17) is 4.74 Å². The number of hydrogen-bond donors (Lipinski definition) is 1. The quantitative estimate of drug-likeness (QED) is 0.484. The Morgan fingerprint density at radius 1 is 1.32 bits per heavy atom. The number of carbonyl (C=O) groups is 1. The van der Waals surface area contributed by atoms with Crippen LogP contribution in [0.25, 0.3) is 6.08 Å². The first-order chi connectivity index (χ1) is 11.9. The molecule has 0 aromatic heterocycles. The summed E-state index contributed by atoms with van der Waals surface area (Å²) in [5.74, 6) is 0.254. The Labute approximate surface area is 167 Å². The van der Waals surface area contributed by atoms with E-state index in [2.05, 4.69) is 21.0 Å². The number of halogens is 2. The highest BCUT2D eigenvalue weighted by atomic mass is 127. The van der Waals surface area contributed by atoms with Crippen molar-refractivity contribution in [1.29, 1.82) is 0 Å². The lowest BCUT2D eigenvalue weighted by molar-refractivity contribution is -0.114. The van der Waals surface area contributed by atoms with Gasteiger partial charge >= 0.3 is 0 Å². The zero-order valence-corrected chi connectivity index (χ0v) is 17.2. The lowest BCUT2D eigenvalue weighted by Gasteiger charge is -2.12. The Bertz CT molecular complexity index is 925. The highest BCUT2D eigenvalue weighted by Gasteiger charge is 2.28. The largest absolute Gasteiger partial charge is 0.504 e. The molecule has 0 aliphatic carbocycles. The highest BCUT2D eigenvalue weighted by molar-refractivity contribution is 14.1. The van der Waals surface area contributed by atoms with Crippen LogP contribution in [-0.4, -0.2) is 23.8 Å². The van der Waals surface area contributed by atoms with Crippen LogP contribution in [-0.2, 0) is 4.79 Å². The lowest BCUT2D eigenvalue weighted by Crippen LogP contribution is -2.21. The van der Waals surface area contributed by atoms with Gasteiger partial charge in [0, 0.05) is 4.47 Å². The Balaban J connectivity index is 1.99. The van der Waals surface area contributed by atoms with Gasteiger partial charge < -0.3 is 9.84 Å². The van der Waals surface area contributed by atoms with Crippen molar-refractivity contribution in [3.05, 3.63) is 55.6 Å². The van der Waals surface area contributed by atoms with Gasteiger partial charge in [-0.3, -0.25) is 4.79 Å². The van der Waals surface area contributed by atoms with Crippen LogP contribution >= 0.6 is 38.5 Å². The Morgan fingerprint density at radius 2 is 2.08 bits per heavy atom. The fourth-order valence-electron chi connectivity index (χ4n) is 2.47. The number of methoxy groups -OCH3 is 1. The van der Waals surface area contributed by atoms with Gasteiger partial charge in [-0.1, -0.05) is 22.0 Å². The summed E-state index contributed by atoms with van der Waals surface area (Å²) in [7, 11) is 1.49. The molecular weight excluding hydrogens is 499 g/mol. The predicted molar refractivity (Wildman–Crippen MR) is 110 cm³/mol. The number of amides is 1. The number of ether oxygens (including phenoxy) is 1. The summed E-state index contributed by atoms with van der Waals surface area (Å²) in [6, 6.07) is 10.9. The maximum absolute atomic E-state index is 12.8. The van der Waals surface area contributed by atoms with Crippen LogP contribution in [0, 0.1) is 3.57 Å². The molecule has 25 heavy (non-hydrogen) atoms. The van der Waals surface area contributed by atoms with Gasteiger partial charge in [-0.2, -0.15) is 10.1 Å². The van der Waals surface area contributed by atoms with Gasteiger partial charge in [-0.25, -0.2) is 0 Å². The number of rotatable bonds is 3. The molecular formula is C18H14BrIN2O3. The first-order valence-electron chi connectivity index (χ1n) is 7.34. The third kappa shape index (κ3) is 3.57. The van der Waals surface area contributed by atoms with Gasteiger partial charge in [0.1, 0.15) is 0 Å². The first-order valence-corrected chi connectivity index (χ1v) is 9.21. The molecule has 1 aliphatic heterocycles. The number of phenolic OH excluding ortho intramolecular Hbond substituents is 1. The van der Waals surface area contributed by atoms with E-state index >= 15 is 0 Å². The Hall–Kier alpha value is -1.87. The van der Waals surface area contributed by atoms with Crippen LogP contribution in [0.1, 0.15) is 12.5 Å². The summed E-state index contributed by atoms with van der Waals surface area (Å²) in [4.78, 5) is 12.8. The van der Waals surface area contributed by atoms with Crippen molar-refractivity contribution in [2.45, 2.75) is 6.92 Å². The normalized spacial score (nSPS) is 15.7. The fourth-order valence-corrected chi connectivity index (χ4v) is 3.48. The number of anilines is 1. The van der Waals surface area contributed by atoms with Crippen LogP contribution in [0.4, 0.5) is 5.69 Å². The van der Waals surface area contributed by atoms with Crippen molar-refractivity contribution in [3.63, 3.8) is 0 Å². The smallest absolute Gasteiger partial charge is 0.280 e. The minimum absolute atomic E-state index is 0.0872. The van der Waals surface area contributed by atoms with Crippen LogP contribution in [0.5, 0.6) is 11.5 Å². The maximum atomic E-state index is 12.8. The van der Waals surface area contributed by atoms with E-state index in [1.807, 2.05) is 46.9 Å². The second-order valence-corrected chi connectivity index (χ2v) is 7.47. The average molecular weight is 513 g/mol. The molecule has 1 heterocycles. The molecule has 2 aromatic carbocycles. The third-order valence-electron chi connectivity index (χ3n) is 3.70. The van der Waals surface area contributed by atoms with Gasteiger partial charge in [0.05, 0.1) is 27.7 Å². The van der Waals surface area contributed by atoms with Crippen molar-refractivity contribution in [1.82, 2.24) is 0 Å². The second-order valence-electron chi connectivity index (χ2n) is 5.39. The summed E-state index contributed by atoms with van der Waals surface area (Å²) in [5.41, 5.74) is 2.59. The lowest BCUT2D eigenvalue weighted by atomic mass is 10.1. The van der Waals surface area contributed by atoms with Crippen molar-refractivity contribution in [2.75, 3.05) is 12.1 Å². The summed E-state index contributed by atoms with van der Waals surface area (Å²) in [6.45, 7) is 1.80. The van der Waals surface area contributed by atoms with Crippen molar-refractivity contribution < 1.29 is 14.6 Å². The summed E-state index contributed by atoms with van der Waals surface area (Å²) in [6.07, 6.45) is 1.75. The van der Waals surface area contributed by atoms with E-state index < -0.39 is 0 Å². The maximum Gasteiger partial charge on any atom is 0.280 e. The van der Waals surface area contributed by atoms with E-state index in [9.17, 15) is 9.90 Å². The van der Waals surface area contributed by atoms with Gasteiger partial charge in [-0.15, -0.1) is 0 Å². The minimum Gasteiger partial charge on any atom is -0.504 e. The van der Waals surface area contributed by atoms with E-state index in [1.54, 1.807) is 25.1 Å². The molecule has 3 rings (SSSR count). The SMILES string of the molecule is COc1cc(C=C2C(=O)N(c3cccc(Br)c3)N=C2C)cc(I)c1O. The molecule has 1 N–H and O–H groups in total. The summed E-state index contributed by atoms with van der Waals surface area (Å²) < 4.78 is 6.70. The molecule has 0 spiro atoms. The molecule has 0 saturated heterocycles. The van der Waals surface area contributed by atoms with Gasteiger partial charge in [0.15, 0.2) is 11.5 Å². The highest BCUT2D eigenvalue weighted by Crippen LogP contribution is 2.34. The summed E-state index contributed by atoms with van der Waals surface area (Å²) in [5, 5.41) is 15.7. The minimum atomic E-state index is -0.197. The monoisotopic (exact) mass is 512 g/mol.